The van der Waals surface area contributed by atoms with Crippen LogP contribution in [0.4, 0.5) is 5.69 Å². The van der Waals surface area contributed by atoms with E-state index in [1.54, 1.807) is 6.07 Å². The normalized spacial score (nSPS) is 9.25. The molecular formula is C10H8N2O4. The summed E-state index contributed by atoms with van der Waals surface area (Å²) in [6.07, 6.45) is 0. The highest BCUT2D eigenvalue weighted by molar-refractivity contribution is 5.92. The minimum atomic E-state index is -0.734. The number of hydrogen-bond acceptors (Lipinski definition) is 5. The molecule has 0 spiro atoms. The third kappa shape index (κ3) is 2.33. The van der Waals surface area contributed by atoms with Crippen molar-refractivity contribution in [2.45, 2.75) is 6.92 Å². The van der Waals surface area contributed by atoms with E-state index in [1.807, 2.05) is 0 Å². The number of nitro benzene ring substituents is 1. The van der Waals surface area contributed by atoms with Crippen LogP contribution in [0.25, 0.3) is 0 Å². The molecule has 0 aromatic heterocycles. The van der Waals surface area contributed by atoms with Gasteiger partial charge in [0.2, 0.25) is 0 Å². The van der Waals surface area contributed by atoms with Gasteiger partial charge in [0.1, 0.15) is 6.07 Å². The van der Waals surface area contributed by atoms with Crippen molar-refractivity contribution in [3.8, 4) is 6.07 Å². The van der Waals surface area contributed by atoms with Crippen molar-refractivity contribution in [2.24, 2.45) is 0 Å². The number of ether oxygens (including phenoxy) is 1. The van der Waals surface area contributed by atoms with Crippen molar-refractivity contribution < 1.29 is 14.5 Å². The molecule has 0 aliphatic rings. The van der Waals surface area contributed by atoms with Gasteiger partial charge < -0.3 is 4.74 Å². The Balaban J connectivity index is 3.07. The van der Waals surface area contributed by atoms with Crippen LogP contribution < -0.4 is 0 Å². The number of carbonyl (C=O) groups excluding carboxylic acids is 1. The highest BCUT2D eigenvalue weighted by atomic mass is 16.6. The topological polar surface area (TPSA) is 93.2 Å². The second kappa shape index (κ2) is 4.89. The average molecular weight is 220 g/mol. The maximum Gasteiger partial charge on any atom is 0.339 e. The predicted molar refractivity (Wildman–Crippen MR) is 53.7 cm³/mol. The number of rotatable bonds is 3. The third-order valence-electron chi connectivity index (χ3n) is 1.99. The first kappa shape index (κ1) is 11.7. The molecule has 1 rings (SSSR count). The number of benzene rings is 1. The summed E-state index contributed by atoms with van der Waals surface area (Å²) >= 11 is 0. The maximum absolute atomic E-state index is 11.4. The van der Waals surface area contributed by atoms with Crippen LogP contribution in [-0.2, 0) is 4.74 Å². The van der Waals surface area contributed by atoms with Gasteiger partial charge >= 0.3 is 5.97 Å². The van der Waals surface area contributed by atoms with Gasteiger partial charge in [0, 0.05) is 11.6 Å². The minimum absolute atomic E-state index is 0.101. The molecule has 0 heterocycles. The van der Waals surface area contributed by atoms with Crippen molar-refractivity contribution >= 4 is 11.7 Å². The Morgan fingerprint density at radius 3 is 2.88 bits per heavy atom. The van der Waals surface area contributed by atoms with Gasteiger partial charge in [-0.05, 0) is 13.0 Å². The number of nitro groups is 1. The van der Waals surface area contributed by atoms with Crippen molar-refractivity contribution in [1.82, 2.24) is 0 Å². The SMILES string of the molecule is Cc1c(C(=O)OCC#N)cccc1[N+](=O)[O-]. The number of hydrogen-bond donors (Lipinski definition) is 0. The second-order valence-corrected chi connectivity index (χ2v) is 2.94. The van der Waals surface area contributed by atoms with Gasteiger partial charge in [0.15, 0.2) is 6.61 Å². The summed E-state index contributed by atoms with van der Waals surface area (Å²) in [5.74, 6) is -0.734. The van der Waals surface area contributed by atoms with E-state index in [1.165, 1.54) is 25.1 Å². The van der Waals surface area contributed by atoms with Gasteiger partial charge in [-0.25, -0.2) is 4.79 Å². The number of nitrogens with zero attached hydrogens (tertiary/aromatic N) is 2. The lowest BCUT2D eigenvalue weighted by Gasteiger charge is -2.04. The molecule has 1 aromatic carbocycles. The molecule has 0 unspecified atom stereocenters. The smallest absolute Gasteiger partial charge is 0.339 e. The summed E-state index contributed by atoms with van der Waals surface area (Å²) in [5.41, 5.74) is 0.186. The van der Waals surface area contributed by atoms with Gasteiger partial charge in [0.05, 0.1) is 10.5 Å². The first-order chi connectivity index (χ1) is 7.57. The molecule has 6 nitrogen and oxygen atoms in total. The zero-order valence-corrected chi connectivity index (χ0v) is 8.47. The lowest BCUT2D eigenvalue weighted by Crippen LogP contribution is -2.08. The zero-order valence-electron chi connectivity index (χ0n) is 8.47. The first-order valence-corrected chi connectivity index (χ1v) is 4.36. The standard InChI is InChI=1S/C10H8N2O4/c1-7-8(10(13)16-6-5-11)3-2-4-9(7)12(14)15/h2-4H,6H2,1H3. The molecule has 0 atom stereocenters. The first-order valence-electron chi connectivity index (χ1n) is 4.36. The van der Waals surface area contributed by atoms with E-state index < -0.39 is 10.9 Å². The van der Waals surface area contributed by atoms with Crippen LogP contribution in [0.1, 0.15) is 15.9 Å². The summed E-state index contributed by atoms with van der Waals surface area (Å²) < 4.78 is 4.57. The predicted octanol–water partition coefficient (Wildman–Crippen LogP) is 1.58. The Bertz CT molecular complexity index is 476. The number of esters is 1. The Labute approximate surface area is 91.2 Å². The summed E-state index contributed by atoms with van der Waals surface area (Å²) in [5, 5.41) is 18.9. The quantitative estimate of drug-likeness (QED) is 0.438. The molecule has 0 aliphatic heterocycles. The van der Waals surface area contributed by atoms with Gasteiger partial charge in [-0.3, -0.25) is 10.1 Å². The van der Waals surface area contributed by atoms with Crippen molar-refractivity contribution in [3.63, 3.8) is 0 Å². The van der Waals surface area contributed by atoms with Crippen molar-refractivity contribution in [1.29, 1.82) is 5.26 Å². The molecule has 82 valence electrons. The molecule has 0 fully saturated rings. The Morgan fingerprint density at radius 2 is 2.31 bits per heavy atom. The van der Waals surface area contributed by atoms with E-state index in [0.717, 1.165) is 0 Å². The Kier molecular flexibility index (Phi) is 3.56. The van der Waals surface area contributed by atoms with Gasteiger partial charge in [-0.2, -0.15) is 5.26 Å². The molecule has 16 heavy (non-hydrogen) atoms. The molecule has 0 aliphatic carbocycles. The molecule has 6 heteroatoms. The summed E-state index contributed by atoms with van der Waals surface area (Å²) in [7, 11) is 0. The van der Waals surface area contributed by atoms with E-state index in [9.17, 15) is 14.9 Å². The highest BCUT2D eigenvalue weighted by Gasteiger charge is 2.18. The van der Waals surface area contributed by atoms with Crippen LogP contribution in [0.15, 0.2) is 18.2 Å². The average Bonchev–Trinajstić information content (AvgIpc) is 2.25. The number of carbonyl (C=O) groups is 1. The van der Waals surface area contributed by atoms with Crippen LogP contribution >= 0.6 is 0 Å². The molecule has 1 aromatic rings. The monoisotopic (exact) mass is 220 g/mol. The van der Waals surface area contributed by atoms with E-state index in [0.29, 0.717) is 0 Å². The summed E-state index contributed by atoms with van der Waals surface area (Å²) in [4.78, 5) is 21.4. The minimum Gasteiger partial charge on any atom is -0.447 e. The van der Waals surface area contributed by atoms with E-state index >= 15 is 0 Å². The van der Waals surface area contributed by atoms with Crippen molar-refractivity contribution in [3.05, 3.63) is 39.4 Å². The zero-order chi connectivity index (χ0) is 12.1. The van der Waals surface area contributed by atoms with Crippen LogP contribution in [0, 0.1) is 28.4 Å². The second-order valence-electron chi connectivity index (χ2n) is 2.94. The highest BCUT2D eigenvalue weighted by Crippen LogP contribution is 2.21. The van der Waals surface area contributed by atoms with Crippen LogP contribution in [0.5, 0.6) is 0 Å². The van der Waals surface area contributed by atoms with E-state index in [-0.39, 0.29) is 23.4 Å². The number of nitriles is 1. The fourth-order valence-corrected chi connectivity index (χ4v) is 1.22. The van der Waals surface area contributed by atoms with Gasteiger partial charge in [0.25, 0.3) is 5.69 Å². The lowest BCUT2D eigenvalue weighted by molar-refractivity contribution is -0.385. The molecule has 0 N–H and O–H groups in total. The fraction of sp³-hybridized carbons (Fsp3) is 0.200. The van der Waals surface area contributed by atoms with Gasteiger partial charge in [-0.15, -0.1) is 0 Å². The van der Waals surface area contributed by atoms with E-state index in [2.05, 4.69) is 4.74 Å². The van der Waals surface area contributed by atoms with Crippen LogP contribution in [-0.4, -0.2) is 17.5 Å². The summed E-state index contributed by atoms with van der Waals surface area (Å²) in [6.45, 7) is 1.09. The van der Waals surface area contributed by atoms with E-state index in [4.69, 9.17) is 5.26 Å². The van der Waals surface area contributed by atoms with Crippen molar-refractivity contribution in [2.75, 3.05) is 6.61 Å². The molecular weight excluding hydrogens is 212 g/mol. The van der Waals surface area contributed by atoms with Crippen LogP contribution in [0.2, 0.25) is 0 Å². The van der Waals surface area contributed by atoms with Crippen LogP contribution in [0.3, 0.4) is 0 Å². The lowest BCUT2D eigenvalue weighted by atomic mass is 10.1. The molecule has 0 bridgehead atoms. The Morgan fingerprint density at radius 1 is 1.62 bits per heavy atom. The molecule has 0 radical (unpaired) electrons. The fourth-order valence-electron chi connectivity index (χ4n) is 1.22. The Hall–Kier alpha value is -2.42. The summed E-state index contributed by atoms with van der Waals surface area (Å²) in [6, 6.07) is 5.77. The molecule has 0 saturated heterocycles. The largest absolute Gasteiger partial charge is 0.447 e. The van der Waals surface area contributed by atoms with Gasteiger partial charge in [-0.1, -0.05) is 6.07 Å². The third-order valence-corrected chi connectivity index (χ3v) is 1.99. The molecule has 0 saturated carbocycles. The maximum atomic E-state index is 11.4. The molecule has 0 amide bonds.